The molecule has 1 unspecified atom stereocenters. The smallest absolute Gasteiger partial charge is 0.319 e. The van der Waals surface area contributed by atoms with Crippen molar-refractivity contribution in [2.45, 2.75) is 19.4 Å². The van der Waals surface area contributed by atoms with Crippen molar-refractivity contribution in [2.24, 2.45) is 5.73 Å². The SMILES string of the molecule is CC(CCN)NC(=O)Nc1cccc2ccccc12. The lowest BCUT2D eigenvalue weighted by atomic mass is 10.1. The van der Waals surface area contributed by atoms with E-state index in [0.717, 1.165) is 22.9 Å². The van der Waals surface area contributed by atoms with E-state index in [1.165, 1.54) is 0 Å². The van der Waals surface area contributed by atoms with E-state index < -0.39 is 0 Å². The number of fused-ring (bicyclic) bond motifs is 1. The van der Waals surface area contributed by atoms with Gasteiger partial charge in [0, 0.05) is 11.4 Å². The van der Waals surface area contributed by atoms with E-state index in [-0.39, 0.29) is 12.1 Å². The van der Waals surface area contributed by atoms with Crippen LogP contribution >= 0.6 is 0 Å². The molecule has 0 heterocycles. The topological polar surface area (TPSA) is 67.1 Å². The molecule has 0 bridgehead atoms. The van der Waals surface area contributed by atoms with Gasteiger partial charge in [-0.05, 0) is 31.3 Å². The number of nitrogens with two attached hydrogens (primary N) is 1. The number of hydrogen-bond acceptors (Lipinski definition) is 2. The van der Waals surface area contributed by atoms with Crippen LogP contribution in [0.3, 0.4) is 0 Å². The Morgan fingerprint density at radius 1 is 1.21 bits per heavy atom. The van der Waals surface area contributed by atoms with Crippen molar-refractivity contribution in [1.29, 1.82) is 0 Å². The average Bonchev–Trinajstić information content (AvgIpc) is 2.39. The molecule has 0 aliphatic heterocycles. The van der Waals surface area contributed by atoms with E-state index in [2.05, 4.69) is 10.6 Å². The molecule has 0 spiro atoms. The number of nitrogens with one attached hydrogen (secondary N) is 2. The molecule has 0 fully saturated rings. The zero-order valence-electron chi connectivity index (χ0n) is 11.0. The Balaban J connectivity index is 2.11. The normalized spacial score (nSPS) is 12.1. The van der Waals surface area contributed by atoms with Gasteiger partial charge >= 0.3 is 6.03 Å². The molecular weight excluding hydrogens is 238 g/mol. The summed E-state index contributed by atoms with van der Waals surface area (Å²) in [6, 6.07) is 13.7. The van der Waals surface area contributed by atoms with Crippen LogP contribution in [0.5, 0.6) is 0 Å². The second kappa shape index (κ2) is 6.20. The summed E-state index contributed by atoms with van der Waals surface area (Å²) in [6.07, 6.45) is 0.767. The highest BCUT2D eigenvalue weighted by Crippen LogP contribution is 2.22. The van der Waals surface area contributed by atoms with Crippen molar-refractivity contribution in [2.75, 3.05) is 11.9 Å². The van der Waals surface area contributed by atoms with E-state index in [1.54, 1.807) is 0 Å². The number of urea groups is 1. The third-order valence-corrected chi connectivity index (χ3v) is 3.02. The molecular formula is C15H19N3O. The van der Waals surface area contributed by atoms with E-state index >= 15 is 0 Å². The predicted octanol–water partition coefficient (Wildman–Crippen LogP) is 2.70. The number of carbonyl (C=O) groups excluding carboxylic acids is 1. The minimum atomic E-state index is -0.197. The van der Waals surface area contributed by atoms with Crippen LogP contribution in [0.15, 0.2) is 42.5 Å². The predicted molar refractivity (Wildman–Crippen MR) is 79.2 cm³/mol. The highest BCUT2D eigenvalue weighted by atomic mass is 16.2. The van der Waals surface area contributed by atoms with Gasteiger partial charge in [-0.25, -0.2) is 4.79 Å². The van der Waals surface area contributed by atoms with E-state index in [4.69, 9.17) is 5.73 Å². The maximum Gasteiger partial charge on any atom is 0.319 e. The minimum absolute atomic E-state index is 0.0694. The second-order valence-electron chi connectivity index (χ2n) is 4.60. The molecule has 19 heavy (non-hydrogen) atoms. The monoisotopic (exact) mass is 257 g/mol. The largest absolute Gasteiger partial charge is 0.335 e. The first-order chi connectivity index (χ1) is 9.20. The van der Waals surface area contributed by atoms with Crippen LogP contribution in [0.4, 0.5) is 10.5 Å². The van der Waals surface area contributed by atoms with E-state index in [0.29, 0.717) is 6.54 Å². The van der Waals surface area contributed by atoms with E-state index in [1.807, 2.05) is 49.4 Å². The standard InChI is InChI=1S/C15H19N3O/c1-11(9-10-16)17-15(19)18-14-8-4-6-12-5-2-3-7-13(12)14/h2-8,11H,9-10,16H2,1H3,(H2,17,18,19). The van der Waals surface area contributed by atoms with Crippen molar-refractivity contribution in [3.63, 3.8) is 0 Å². The van der Waals surface area contributed by atoms with Gasteiger partial charge in [0.25, 0.3) is 0 Å². The summed E-state index contributed by atoms with van der Waals surface area (Å²) in [5, 5.41) is 7.89. The fourth-order valence-corrected chi connectivity index (χ4v) is 2.04. The van der Waals surface area contributed by atoms with Crippen LogP contribution in [-0.2, 0) is 0 Å². The fourth-order valence-electron chi connectivity index (χ4n) is 2.04. The Morgan fingerprint density at radius 2 is 1.95 bits per heavy atom. The molecule has 1 atom stereocenters. The molecule has 0 saturated heterocycles. The molecule has 100 valence electrons. The third-order valence-electron chi connectivity index (χ3n) is 3.02. The van der Waals surface area contributed by atoms with E-state index in [9.17, 15) is 4.79 Å². The summed E-state index contributed by atoms with van der Waals surface area (Å²) in [7, 11) is 0. The Labute approximate surface area is 113 Å². The first-order valence-electron chi connectivity index (χ1n) is 6.46. The number of anilines is 1. The Bertz CT molecular complexity index is 563. The lowest BCUT2D eigenvalue weighted by molar-refractivity contribution is 0.249. The summed E-state index contributed by atoms with van der Waals surface area (Å²) >= 11 is 0. The summed E-state index contributed by atoms with van der Waals surface area (Å²) in [6.45, 7) is 2.51. The first-order valence-corrected chi connectivity index (χ1v) is 6.46. The summed E-state index contributed by atoms with van der Waals surface area (Å²) in [5.74, 6) is 0. The zero-order chi connectivity index (χ0) is 13.7. The van der Waals surface area contributed by atoms with Crippen LogP contribution in [0, 0.1) is 0 Å². The average molecular weight is 257 g/mol. The molecule has 2 aromatic carbocycles. The Hall–Kier alpha value is -2.07. The molecule has 0 radical (unpaired) electrons. The first kappa shape index (κ1) is 13.4. The molecule has 0 aromatic heterocycles. The zero-order valence-corrected chi connectivity index (χ0v) is 11.0. The number of amides is 2. The van der Waals surface area contributed by atoms with Crippen molar-refractivity contribution >= 4 is 22.5 Å². The van der Waals surface area contributed by atoms with Crippen LogP contribution in [0.1, 0.15) is 13.3 Å². The van der Waals surface area contributed by atoms with Crippen LogP contribution in [-0.4, -0.2) is 18.6 Å². The third kappa shape index (κ3) is 3.45. The van der Waals surface area contributed by atoms with Gasteiger partial charge in [-0.15, -0.1) is 0 Å². The molecule has 4 heteroatoms. The highest BCUT2D eigenvalue weighted by Gasteiger charge is 2.08. The Kier molecular flexibility index (Phi) is 4.36. The van der Waals surface area contributed by atoms with Gasteiger partial charge in [0.2, 0.25) is 0 Å². The van der Waals surface area contributed by atoms with Gasteiger partial charge in [-0.3, -0.25) is 0 Å². The van der Waals surface area contributed by atoms with Crippen molar-refractivity contribution in [1.82, 2.24) is 5.32 Å². The summed E-state index contributed by atoms with van der Waals surface area (Å²) < 4.78 is 0. The van der Waals surface area contributed by atoms with Crippen LogP contribution in [0.2, 0.25) is 0 Å². The second-order valence-corrected chi connectivity index (χ2v) is 4.60. The summed E-state index contributed by atoms with van der Waals surface area (Å²) in [5.41, 5.74) is 6.28. The highest BCUT2D eigenvalue weighted by molar-refractivity contribution is 6.01. The van der Waals surface area contributed by atoms with Gasteiger partial charge in [0.1, 0.15) is 0 Å². The van der Waals surface area contributed by atoms with Crippen molar-refractivity contribution < 1.29 is 4.79 Å². The lowest BCUT2D eigenvalue weighted by Crippen LogP contribution is -2.37. The quantitative estimate of drug-likeness (QED) is 0.788. The molecule has 0 aliphatic rings. The van der Waals surface area contributed by atoms with Gasteiger partial charge in [-0.1, -0.05) is 36.4 Å². The number of hydrogen-bond donors (Lipinski definition) is 3. The van der Waals surface area contributed by atoms with Gasteiger partial charge in [0.15, 0.2) is 0 Å². The molecule has 4 nitrogen and oxygen atoms in total. The lowest BCUT2D eigenvalue weighted by Gasteiger charge is -2.14. The number of benzene rings is 2. The van der Waals surface area contributed by atoms with Crippen LogP contribution in [0.25, 0.3) is 10.8 Å². The van der Waals surface area contributed by atoms with Gasteiger partial charge in [-0.2, -0.15) is 0 Å². The summed E-state index contributed by atoms with van der Waals surface area (Å²) in [4.78, 5) is 11.9. The minimum Gasteiger partial charge on any atom is -0.335 e. The van der Waals surface area contributed by atoms with Crippen molar-refractivity contribution in [3.8, 4) is 0 Å². The van der Waals surface area contributed by atoms with Gasteiger partial charge < -0.3 is 16.4 Å². The molecule has 2 amide bonds. The van der Waals surface area contributed by atoms with Crippen LogP contribution < -0.4 is 16.4 Å². The van der Waals surface area contributed by atoms with Crippen molar-refractivity contribution in [3.05, 3.63) is 42.5 Å². The van der Waals surface area contributed by atoms with Gasteiger partial charge in [0.05, 0.1) is 5.69 Å². The fraction of sp³-hybridized carbons (Fsp3) is 0.267. The Morgan fingerprint density at radius 3 is 2.74 bits per heavy atom. The molecule has 0 aliphatic carbocycles. The molecule has 2 aromatic rings. The molecule has 2 rings (SSSR count). The molecule has 4 N–H and O–H groups in total. The number of carbonyl (C=O) groups is 1. The maximum atomic E-state index is 11.9. The number of rotatable bonds is 4. The maximum absolute atomic E-state index is 11.9. The molecule has 0 saturated carbocycles.